The highest BCUT2D eigenvalue weighted by Gasteiger charge is 2.29. The molecule has 3 nitrogen and oxygen atoms in total. The molecule has 0 radical (unpaired) electrons. The molecule has 0 amide bonds. The van der Waals surface area contributed by atoms with Crippen LogP contribution >= 0.6 is 0 Å². The first-order valence-corrected chi connectivity index (χ1v) is 6.69. The second-order valence-corrected chi connectivity index (χ2v) is 5.23. The van der Waals surface area contributed by atoms with E-state index in [1.165, 1.54) is 32.1 Å². The van der Waals surface area contributed by atoms with Crippen LogP contribution in [0.15, 0.2) is 0 Å². The van der Waals surface area contributed by atoms with Crippen LogP contribution in [-0.4, -0.2) is 41.5 Å². The fourth-order valence-electron chi connectivity index (χ4n) is 2.85. The van der Waals surface area contributed by atoms with Gasteiger partial charge in [0.05, 0.1) is 13.2 Å². The van der Waals surface area contributed by atoms with Crippen molar-refractivity contribution in [1.29, 1.82) is 0 Å². The quantitative estimate of drug-likeness (QED) is 0.746. The van der Waals surface area contributed by atoms with Gasteiger partial charge in [0.2, 0.25) is 0 Å². The summed E-state index contributed by atoms with van der Waals surface area (Å²) in [4.78, 5) is 14.3. The topological polar surface area (TPSA) is 40.5 Å². The normalized spacial score (nSPS) is 22.6. The van der Waals surface area contributed by atoms with Crippen molar-refractivity contribution in [3.63, 3.8) is 0 Å². The molecule has 2 aliphatic carbocycles. The maximum atomic E-state index is 12.1. The van der Waals surface area contributed by atoms with Gasteiger partial charge in [-0.25, -0.2) is 0 Å². The van der Waals surface area contributed by atoms with Crippen molar-refractivity contribution in [2.45, 2.75) is 51.0 Å². The van der Waals surface area contributed by atoms with Crippen LogP contribution in [0.1, 0.15) is 44.9 Å². The number of hydrogen-bond donors (Lipinski definition) is 1. The molecule has 1 N–H and O–H groups in total. The molecular formula is C13H23NO2. The van der Waals surface area contributed by atoms with Crippen LogP contribution in [0.5, 0.6) is 0 Å². The second kappa shape index (κ2) is 5.78. The first kappa shape index (κ1) is 12.1. The van der Waals surface area contributed by atoms with Gasteiger partial charge in [-0.2, -0.15) is 0 Å². The Morgan fingerprint density at radius 2 is 1.81 bits per heavy atom. The van der Waals surface area contributed by atoms with Crippen LogP contribution in [0.3, 0.4) is 0 Å². The van der Waals surface area contributed by atoms with Crippen molar-refractivity contribution >= 4 is 5.78 Å². The van der Waals surface area contributed by atoms with Crippen molar-refractivity contribution in [1.82, 2.24) is 4.90 Å². The minimum Gasteiger partial charge on any atom is -0.395 e. The van der Waals surface area contributed by atoms with E-state index in [0.29, 0.717) is 30.8 Å². The zero-order valence-electron chi connectivity index (χ0n) is 10.0. The molecule has 92 valence electrons. The number of aliphatic hydroxyl groups is 1. The van der Waals surface area contributed by atoms with Gasteiger partial charge in [-0.1, -0.05) is 19.3 Å². The average molecular weight is 225 g/mol. The van der Waals surface area contributed by atoms with Gasteiger partial charge in [-0.05, 0) is 25.7 Å². The first-order chi connectivity index (χ1) is 7.81. The molecule has 0 atom stereocenters. The Kier molecular flexibility index (Phi) is 4.36. The zero-order chi connectivity index (χ0) is 11.4. The molecule has 0 saturated heterocycles. The standard InChI is InChI=1S/C13H23NO2/c15-9-8-14(12-6-3-7-12)10-13(16)11-4-1-2-5-11/h11-12,15H,1-10H2. The second-order valence-electron chi connectivity index (χ2n) is 5.23. The Bertz CT molecular complexity index is 232. The average Bonchev–Trinajstić information content (AvgIpc) is 2.67. The zero-order valence-corrected chi connectivity index (χ0v) is 10.0. The minimum absolute atomic E-state index is 0.175. The molecule has 0 unspecified atom stereocenters. The van der Waals surface area contributed by atoms with Gasteiger partial charge in [0.25, 0.3) is 0 Å². The van der Waals surface area contributed by atoms with Crippen LogP contribution < -0.4 is 0 Å². The van der Waals surface area contributed by atoms with E-state index in [-0.39, 0.29) is 6.61 Å². The summed E-state index contributed by atoms with van der Waals surface area (Å²) < 4.78 is 0. The summed E-state index contributed by atoms with van der Waals surface area (Å²) in [7, 11) is 0. The number of carbonyl (C=O) groups excluding carboxylic acids is 1. The first-order valence-electron chi connectivity index (χ1n) is 6.69. The van der Waals surface area contributed by atoms with E-state index in [0.717, 1.165) is 12.8 Å². The Morgan fingerprint density at radius 1 is 1.12 bits per heavy atom. The maximum absolute atomic E-state index is 12.1. The lowest BCUT2D eigenvalue weighted by Crippen LogP contribution is -2.45. The number of rotatable bonds is 6. The predicted octanol–water partition coefficient (Wildman–Crippen LogP) is 1.59. The highest BCUT2D eigenvalue weighted by molar-refractivity contribution is 5.83. The van der Waals surface area contributed by atoms with Crippen LogP contribution in [0.25, 0.3) is 0 Å². The molecule has 2 fully saturated rings. The van der Waals surface area contributed by atoms with E-state index in [1.807, 2.05) is 0 Å². The number of ketones is 1. The van der Waals surface area contributed by atoms with E-state index >= 15 is 0 Å². The van der Waals surface area contributed by atoms with Crippen molar-refractivity contribution in [2.24, 2.45) is 5.92 Å². The van der Waals surface area contributed by atoms with Gasteiger partial charge in [-0.3, -0.25) is 9.69 Å². The van der Waals surface area contributed by atoms with Gasteiger partial charge in [0.1, 0.15) is 5.78 Å². The monoisotopic (exact) mass is 225 g/mol. The third-order valence-electron chi connectivity index (χ3n) is 4.15. The summed E-state index contributed by atoms with van der Waals surface area (Å²) in [5.41, 5.74) is 0. The van der Waals surface area contributed by atoms with Gasteiger partial charge in [-0.15, -0.1) is 0 Å². The minimum atomic E-state index is 0.175. The van der Waals surface area contributed by atoms with E-state index < -0.39 is 0 Å². The summed E-state index contributed by atoms with van der Waals surface area (Å²) in [6.45, 7) is 1.42. The van der Waals surface area contributed by atoms with Crippen LogP contribution in [0, 0.1) is 5.92 Å². The summed E-state index contributed by atoms with van der Waals surface area (Å²) in [6.07, 6.45) is 8.33. The highest BCUT2D eigenvalue weighted by atomic mass is 16.3. The number of nitrogens with zero attached hydrogens (tertiary/aromatic N) is 1. The molecule has 0 aliphatic heterocycles. The van der Waals surface area contributed by atoms with E-state index in [9.17, 15) is 4.79 Å². The Morgan fingerprint density at radius 3 is 2.31 bits per heavy atom. The lowest BCUT2D eigenvalue weighted by atomic mass is 9.90. The fourth-order valence-corrected chi connectivity index (χ4v) is 2.85. The summed E-state index contributed by atoms with van der Waals surface area (Å²) in [6, 6.07) is 0.567. The Balaban J connectivity index is 1.81. The molecule has 16 heavy (non-hydrogen) atoms. The molecule has 0 spiro atoms. The third kappa shape index (κ3) is 2.83. The van der Waals surface area contributed by atoms with Crippen LogP contribution in [0.2, 0.25) is 0 Å². The lowest BCUT2D eigenvalue weighted by molar-refractivity contribution is -0.125. The molecule has 2 rings (SSSR count). The molecule has 0 aromatic heterocycles. The molecule has 0 aromatic rings. The molecule has 2 saturated carbocycles. The van der Waals surface area contributed by atoms with Crippen molar-refractivity contribution in [3.05, 3.63) is 0 Å². The van der Waals surface area contributed by atoms with Crippen molar-refractivity contribution in [3.8, 4) is 0 Å². The van der Waals surface area contributed by atoms with E-state index in [1.54, 1.807) is 0 Å². The fraction of sp³-hybridized carbons (Fsp3) is 0.923. The number of Topliss-reactive ketones (excluding diaryl/α,β-unsaturated/α-hetero) is 1. The number of hydrogen-bond acceptors (Lipinski definition) is 3. The molecule has 0 bridgehead atoms. The highest BCUT2D eigenvalue weighted by Crippen LogP contribution is 2.28. The van der Waals surface area contributed by atoms with Gasteiger partial charge in [0, 0.05) is 18.5 Å². The largest absolute Gasteiger partial charge is 0.395 e. The van der Waals surface area contributed by atoms with Crippen molar-refractivity contribution in [2.75, 3.05) is 19.7 Å². The number of aliphatic hydroxyl groups excluding tert-OH is 1. The van der Waals surface area contributed by atoms with Crippen molar-refractivity contribution < 1.29 is 9.90 Å². The lowest BCUT2D eigenvalue weighted by Gasteiger charge is -2.37. The smallest absolute Gasteiger partial charge is 0.149 e. The summed E-state index contributed by atoms with van der Waals surface area (Å²) >= 11 is 0. The Hall–Kier alpha value is -0.410. The summed E-state index contributed by atoms with van der Waals surface area (Å²) in [5.74, 6) is 0.735. The van der Waals surface area contributed by atoms with Crippen LogP contribution in [0.4, 0.5) is 0 Å². The van der Waals surface area contributed by atoms with E-state index in [4.69, 9.17) is 5.11 Å². The van der Waals surface area contributed by atoms with E-state index in [2.05, 4.69) is 4.90 Å². The van der Waals surface area contributed by atoms with Gasteiger partial charge < -0.3 is 5.11 Å². The number of carbonyl (C=O) groups is 1. The van der Waals surface area contributed by atoms with Crippen LogP contribution in [-0.2, 0) is 4.79 Å². The SMILES string of the molecule is O=C(CN(CCO)C1CCC1)C1CCCC1. The van der Waals surface area contributed by atoms with Gasteiger partial charge >= 0.3 is 0 Å². The molecule has 2 aliphatic rings. The third-order valence-corrected chi connectivity index (χ3v) is 4.15. The maximum Gasteiger partial charge on any atom is 0.149 e. The molecule has 3 heteroatoms. The molecular weight excluding hydrogens is 202 g/mol. The Labute approximate surface area is 97.8 Å². The van der Waals surface area contributed by atoms with Gasteiger partial charge in [0.15, 0.2) is 0 Å². The summed E-state index contributed by atoms with van der Waals surface area (Å²) in [5, 5.41) is 9.03. The predicted molar refractivity (Wildman–Crippen MR) is 63.3 cm³/mol. The molecule has 0 heterocycles. The molecule has 0 aromatic carbocycles.